The minimum Gasteiger partial charge on any atom is -0.482 e. The predicted molar refractivity (Wildman–Crippen MR) is 78.4 cm³/mol. The maximum atomic E-state index is 12.1. The molecule has 2 N–H and O–H groups in total. The van der Waals surface area contributed by atoms with Gasteiger partial charge >= 0.3 is 5.97 Å². The van der Waals surface area contributed by atoms with Crippen molar-refractivity contribution in [1.82, 2.24) is 5.32 Å². The third kappa shape index (κ3) is 4.95. The summed E-state index contributed by atoms with van der Waals surface area (Å²) in [6.07, 6.45) is 7.49. The molecule has 1 atom stereocenters. The fourth-order valence-electron chi connectivity index (χ4n) is 2.25. The third-order valence-corrected chi connectivity index (χ3v) is 3.39. The zero-order valence-corrected chi connectivity index (χ0v) is 11.7. The van der Waals surface area contributed by atoms with Crippen LogP contribution in [0.5, 0.6) is 5.75 Å². The number of aliphatic carboxylic acids is 1. The van der Waals surface area contributed by atoms with E-state index in [1.165, 1.54) is 0 Å². The summed E-state index contributed by atoms with van der Waals surface area (Å²) in [5.41, 5.74) is 0.476. The number of benzene rings is 1. The quantitative estimate of drug-likeness (QED) is 0.787. The fourth-order valence-corrected chi connectivity index (χ4v) is 2.25. The van der Waals surface area contributed by atoms with E-state index in [4.69, 9.17) is 9.84 Å². The summed E-state index contributed by atoms with van der Waals surface area (Å²) in [6.45, 7) is 0.239. The number of carboxylic acid groups (broad SMARTS) is 1. The molecule has 1 aliphatic carbocycles. The van der Waals surface area contributed by atoms with Crippen LogP contribution < -0.4 is 10.1 Å². The summed E-state index contributed by atoms with van der Waals surface area (Å²) >= 11 is 0. The van der Waals surface area contributed by atoms with E-state index in [2.05, 4.69) is 17.5 Å². The van der Waals surface area contributed by atoms with Crippen LogP contribution in [0, 0.1) is 5.92 Å². The number of allylic oxidation sites excluding steroid dienone is 2. The first-order chi connectivity index (χ1) is 10.1. The number of nitrogens with one attached hydrogen (secondary N) is 1. The second-order valence-corrected chi connectivity index (χ2v) is 5.07. The number of amides is 1. The van der Waals surface area contributed by atoms with Gasteiger partial charge in [0, 0.05) is 12.1 Å². The molecule has 0 heterocycles. The van der Waals surface area contributed by atoms with E-state index >= 15 is 0 Å². The van der Waals surface area contributed by atoms with Crippen LogP contribution in [0.2, 0.25) is 0 Å². The molecule has 1 aliphatic rings. The number of carbonyl (C=O) groups excluding carboxylic acids is 1. The van der Waals surface area contributed by atoms with Gasteiger partial charge in [0.2, 0.25) is 0 Å². The van der Waals surface area contributed by atoms with Gasteiger partial charge in [0.25, 0.3) is 5.91 Å². The molecule has 0 aromatic heterocycles. The number of carbonyl (C=O) groups is 2. The molecular formula is C16H19NO4. The average molecular weight is 289 g/mol. The minimum atomic E-state index is -1.05. The van der Waals surface area contributed by atoms with Gasteiger partial charge in [-0.15, -0.1) is 0 Å². The summed E-state index contributed by atoms with van der Waals surface area (Å²) < 4.78 is 5.06. The highest BCUT2D eigenvalue weighted by Gasteiger charge is 2.12. The Morgan fingerprint density at radius 3 is 2.90 bits per heavy atom. The largest absolute Gasteiger partial charge is 0.482 e. The highest BCUT2D eigenvalue weighted by Crippen LogP contribution is 2.17. The zero-order valence-electron chi connectivity index (χ0n) is 11.7. The van der Waals surface area contributed by atoms with Gasteiger partial charge in [-0.2, -0.15) is 0 Å². The van der Waals surface area contributed by atoms with Crippen LogP contribution >= 0.6 is 0 Å². The van der Waals surface area contributed by atoms with E-state index in [9.17, 15) is 9.59 Å². The van der Waals surface area contributed by atoms with Crippen molar-refractivity contribution < 1.29 is 19.4 Å². The van der Waals surface area contributed by atoms with Gasteiger partial charge in [0.1, 0.15) is 5.75 Å². The maximum Gasteiger partial charge on any atom is 0.341 e. The summed E-state index contributed by atoms with van der Waals surface area (Å²) in [5, 5.41) is 11.5. The molecule has 0 fully saturated rings. The number of hydrogen-bond acceptors (Lipinski definition) is 3. The molecule has 5 nitrogen and oxygen atoms in total. The molecule has 112 valence electrons. The molecule has 1 aromatic rings. The Morgan fingerprint density at radius 1 is 1.33 bits per heavy atom. The van der Waals surface area contributed by atoms with E-state index in [0.29, 0.717) is 23.8 Å². The molecule has 5 heteroatoms. The Kier molecular flexibility index (Phi) is 5.37. The van der Waals surface area contributed by atoms with E-state index in [0.717, 1.165) is 19.3 Å². The number of carboxylic acids is 1. The first-order valence-electron chi connectivity index (χ1n) is 7.03. The van der Waals surface area contributed by atoms with E-state index in [1.54, 1.807) is 24.3 Å². The van der Waals surface area contributed by atoms with Gasteiger partial charge in [-0.05, 0) is 43.4 Å². The molecule has 0 spiro atoms. The molecule has 0 aliphatic heterocycles. The Labute approximate surface area is 123 Å². The molecule has 0 saturated carbocycles. The highest BCUT2D eigenvalue weighted by molar-refractivity contribution is 5.94. The SMILES string of the molecule is O=C(O)COc1cccc(C(=O)NCC2CC=CCC2)c1. The van der Waals surface area contributed by atoms with Gasteiger partial charge < -0.3 is 15.2 Å². The van der Waals surface area contributed by atoms with Crippen molar-refractivity contribution in [1.29, 1.82) is 0 Å². The van der Waals surface area contributed by atoms with Crippen LogP contribution in [-0.4, -0.2) is 30.1 Å². The van der Waals surface area contributed by atoms with E-state index in [1.807, 2.05) is 0 Å². The van der Waals surface area contributed by atoms with Gasteiger partial charge in [-0.3, -0.25) is 4.79 Å². The topological polar surface area (TPSA) is 75.6 Å². The zero-order chi connectivity index (χ0) is 15.1. The molecule has 0 bridgehead atoms. The van der Waals surface area contributed by atoms with Crippen LogP contribution in [0.4, 0.5) is 0 Å². The van der Waals surface area contributed by atoms with Crippen molar-refractivity contribution in [3.05, 3.63) is 42.0 Å². The first kappa shape index (κ1) is 15.1. The van der Waals surface area contributed by atoms with Gasteiger partial charge in [0.15, 0.2) is 6.61 Å². The lowest BCUT2D eigenvalue weighted by molar-refractivity contribution is -0.139. The van der Waals surface area contributed by atoms with Gasteiger partial charge in [-0.1, -0.05) is 18.2 Å². The lowest BCUT2D eigenvalue weighted by atomic mass is 9.94. The Morgan fingerprint density at radius 2 is 2.19 bits per heavy atom. The molecule has 0 radical (unpaired) electrons. The van der Waals surface area contributed by atoms with E-state index < -0.39 is 12.6 Å². The second-order valence-electron chi connectivity index (χ2n) is 5.07. The van der Waals surface area contributed by atoms with Gasteiger partial charge in [-0.25, -0.2) is 4.79 Å². The van der Waals surface area contributed by atoms with Crippen LogP contribution in [0.25, 0.3) is 0 Å². The van der Waals surface area contributed by atoms with Crippen molar-refractivity contribution in [3.63, 3.8) is 0 Å². The normalized spacial score (nSPS) is 17.2. The van der Waals surface area contributed by atoms with E-state index in [-0.39, 0.29) is 5.91 Å². The van der Waals surface area contributed by atoms with Crippen molar-refractivity contribution in [2.75, 3.05) is 13.2 Å². The lowest BCUT2D eigenvalue weighted by Crippen LogP contribution is -2.29. The van der Waals surface area contributed by atoms with Crippen molar-refractivity contribution in [3.8, 4) is 5.75 Å². The minimum absolute atomic E-state index is 0.162. The summed E-state index contributed by atoms with van der Waals surface area (Å²) in [4.78, 5) is 22.5. The van der Waals surface area contributed by atoms with Crippen LogP contribution in [0.1, 0.15) is 29.6 Å². The molecule has 0 saturated heterocycles. The Hall–Kier alpha value is -2.30. The Balaban J connectivity index is 1.87. The summed E-state index contributed by atoms with van der Waals surface area (Å²) in [6, 6.07) is 6.55. The monoisotopic (exact) mass is 289 g/mol. The second kappa shape index (κ2) is 7.47. The standard InChI is InChI=1S/C16H19NO4/c18-15(19)11-21-14-8-4-7-13(9-14)16(20)17-10-12-5-2-1-3-6-12/h1-2,4,7-9,12H,3,5-6,10-11H2,(H,17,20)(H,18,19). The average Bonchev–Trinajstić information content (AvgIpc) is 2.52. The lowest BCUT2D eigenvalue weighted by Gasteiger charge is -2.18. The summed E-state index contributed by atoms with van der Waals surface area (Å²) in [7, 11) is 0. The first-order valence-corrected chi connectivity index (χ1v) is 7.03. The third-order valence-electron chi connectivity index (χ3n) is 3.39. The fraction of sp³-hybridized carbons (Fsp3) is 0.375. The van der Waals surface area contributed by atoms with Crippen molar-refractivity contribution >= 4 is 11.9 Å². The van der Waals surface area contributed by atoms with Crippen LogP contribution in [-0.2, 0) is 4.79 Å². The molecule has 1 aromatic carbocycles. The Bertz CT molecular complexity index is 539. The molecular weight excluding hydrogens is 270 g/mol. The number of ether oxygens (including phenoxy) is 1. The molecule has 1 amide bonds. The molecule has 2 rings (SSSR count). The van der Waals surface area contributed by atoms with Crippen molar-refractivity contribution in [2.45, 2.75) is 19.3 Å². The van der Waals surface area contributed by atoms with Crippen molar-refractivity contribution in [2.24, 2.45) is 5.92 Å². The smallest absolute Gasteiger partial charge is 0.341 e. The van der Waals surface area contributed by atoms with Crippen LogP contribution in [0.3, 0.4) is 0 Å². The summed E-state index contributed by atoms with van der Waals surface area (Å²) in [5.74, 6) is -0.337. The molecule has 21 heavy (non-hydrogen) atoms. The van der Waals surface area contributed by atoms with Crippen LogP contribution in [0.15, 0.2) is 36.4 Å². The van der Waals surface area contributed by atoms with Gasteiger partial charge in [0.05, 0.1) is 0 Å². The number of hydrogen-bond donors (Lipinski definition) is 2. The predicted octanol–water partition coefficient (Wildman–Crippen LogP) is 2.24. The molecule has 1 unspecified atom stereocenters. The number of rotatable bonds is 6. The maximum absolute atomic E-state index is 12.1. The highest BCUT2D eigenvalue weighted by atomic mass is 16.5.